The van der Waals surface area contributed by atoms with Gasteiger partial charge in [0.25, 0.3) is 0 Å². The van der Waals surface area contributed by atoms with E-state index < -0.39 is 23.4 Å². The summed E-state index contributed by atoms with van der Waals surface area (Å²) in [6, 6.07) is 11.0. The molecule has 2 fully saturated rings. The fourth-order valence-corrected chi connectivity index (χ4v) is 4.09. The Bertz CT molecular complexity index is 1390. The van der Waals surface area contributed by atoms with Crippen LogP contribution in [-0.4, -0.2) is 56.8 Å². The molecule has 4 N–H and O–H groups in total. The normalized spacial score (nSPS) is 21.4. The number of carbonyl (C=O) groups is 2. The van der Waals surface area contributed by atoms with E-state index in [1.54, 1.807) is 0 Å². The molecule has 10 heteroatoms. The third-order valence-corrected chi connectivity index (χ3v) is 6.44. The summed E-state index contributed by atoms with van der Waals surface area (Å²) < 4.78 is 21.9. The molecule has 2 heterocycles. The van der Waals surface area contributed by atoms with Gasteiger partial charge in [0, 0.05) is 12.2 Å². The van der Waals surface area contributed by atoms with E-state index in [1.807, 2.05) is 13.8 Å². The Balaban J connectivity index is 1.68. The Morgan fingerprint density at radius 3 is 1.27 bits per heavy atom. The van der Waals surface area contributed by atoms with Crippen LogP contribution in [0.4, 0.5) is 0 Å². The number of aromatic hydroxyl groups is 4. The fraction of sp³-hybridized carbons (Fsp3) is 0.200. The minimum atomic E-state index is -0.863. The number of benzene rings is 3. The topological polar surface area (TPSA) is 159 Å². The molecule has 2 aliphatic heterocycles. The van der Waals surface area contributed by atoms with Gasteiger partial charge >= 0.3 is 11.9 Å². The van der Waals surface area contributed by atoms with Gasteiger partial charge in [0.1, 0.15) is 23.7 Å². The smallest absolute Gasteiger partial charge is 0.336 e. The Morgan fingerprint density at radius 2 is 0.975 bits per heavy atom. The van der Waals surface area contributed by atoms with Crippen molar-refractivity contribution < 1.29 is 49.0 Å². The zero-order valence-corrected chi connectivity index (χ0v) is 21.5. The fourth-order valence-electron chi connectivity index (χ4n) is 4.09. The van der Waals surface area contributed by atoms with Crippen LogP contribution in [0.5, 0.6) is 34.5 Å². The standard InChI is InChI=1S/C30H26O10/c1-15-21(37-15)11-13-23(33)39-29-25(17-3-7-19(31)8-4-17)27(35)28(36)26(18-5-9-20(32)10-6-18)30(29)40-24(34)14-12-22-16(2)38-22/h3-16,21-22,31-32,35-36H,1-2H3. The molecule has 0 aliphatic carbocycles. The lowest BCUT2D eigenvalue weighted by atomic mass is 9.95. The monoisotopic (exact) mass is 546 g/mol. The van der Waals surface area contributed by atoms with E-state index in [4.69, 9.17) is 18.9 Å². The summed E-state index contributed by atoms with van der Waals surface area (Å²) in [6.45, 7) is 3.67. The Hall–Kier alpha value is -4.80. The average molecular weight is 547 g/mol. The highest BCUT2D eigenvalue weighted by molar-refractivity contribution is 5.98. The van der Waals surface area contributed by atoms with Crippen molar-refractivity contribution in [1.29, 1.82) is 0 Å². The van der Waals surface area contributed by atoms with Gasteiger partial charge in [-0.1, -0.05) is 24.3 Å². The van der Waals surface area contributed by atoms with Gasteiger partial charge in [0.15, 0.2) is 23.0 Å². The summed E-state index contributed by atoms with van der Waals surface area (Å²) in [7, 11) is 0. The first-order valence-electron chi connectivity index (χ1n) is 12.4. The Labute approximate surface area is 228 Å². The highest BCUT2D eigenvalue weighted by Crippen LogP contribution is 2.56. The van der Waals surface area contributed by atoms with Crippen molar-refractivity contribution in [2.75, 3.05) is 0 Å². The lowest BCUT2D eigenvalue weighted by Crippen LogP contribution is -2.12. The van der Waals surface area contributed by atoms with E-state index in [2.05, 4.69) is 0 Å². The van der Waals surface area contributed by atoms with Gasteiger partial charge in [0.05, 0.1) is 23.3 Å². The Kier molecular flexibility index (Phi) is 7.20. The maximum absolute atomic E-state index is 12.9. The molecule has 40 heavy (non-hydrogen) atoms. The number of ether oxygens (including phenoxy) is 4. The lowest BCUT2D eigenvalue weighted by Gasteiger charge is -2.20. The van der Waals surface area contributed by atoms with Crippen LogP contribution in [0, 0.1) is 0 Å². The summed E-state index contributed by atoms with van der Waals surface area (Å²) in [6.07, 6.45) is 4.73. The van der Waals surface area contributed by atoms with Crippen LogP contribution < -0.4 is 9.47 Å². The third-order valence-electron chi connectivity index (χ3n) is 6.44. The highest BCUT2D eigenvalue weighted by atomic mass is 16.6. The highest BCUT2D eigenvalue weighted by Gasteiger charge is 2.34. The quantitative estimate of drug-likeness (QED) is 0.105. The predicted molar refractivity (Wildman–Crippen MR) is 142 cm³/mol. The van der Waals surface area contributed by atoms with E-state index in [1.165, 1.54) is 60.7 Å². The van der Waals surface area contributed by atoms with Crippen LogP contribution in [0.2, 0.25) is 0 Å². The number of epoxide rings is 2. The first-order valence-corrected chi connectivity index (χ1v) is 12.4. The third kappa shape index (κ3) is 5.78. The van der Waals surface area contributed by atoms with Crippen molar-refractivity contribution in [1.82, 2.24) is 0 Å². The molecule has 206 valence electrons. The van der Waals surface area contributed by atoms with Crippen molar-refractivity contribution in [2.24, 2.45) is 0 Å². The molecular formula is C30H26O10. The van der Waals surface area contributed by atoms with Crippen LogP contribution in [0.15, 0.2) is 72.8 Å². The van der Waals surface area contributed by atoms with E-state index in [-0.39, 0.29) is 69.7 Å². The molecule has 5 rings (SSSR count). The SMILES string of the molecule is CC1OC1C=CC(=O)Oc1c(OC(=O)C=CC2OC2C)c(-c2ccc(O)cc2)c(O)c(O)c1-c1ccc(O)cc1. The van der Waals surface area contributed by atoms with Crippen molar-refractivity contribution in [3.63, 3.8) is 0 Å². The largest absolute Gasteiger partial charge is 0.508 e. The molecule has 0 spiro atoms. The summed E-state index contributed by atoms with van der Waals surface area (Å²) in [5, 5.41) is 41.9. The molecule has 0 bridgehead atoms. The van der Waals surface area contributed by atoms with Crippen LogP contribution in [0.3, 0.4) is 0 Å². The molecule has 4 unspecified atom stereocenters. The molecule has 10 nitrogen and oxygen atoms in total. The van der Waals surface area contributed by atoms with Crippen LogP contribution in [0.25, 0.3) is 22.3 Å². The molecule has 0 aromatic heterocycles. The maximum Gasteiger partial charge on any atom is 0.336 e. The number of rotatable bonds is 8. The molecule has 0 amide bonds. The summed E-state index contributed by atoms with van der Waals surface area (Å²) in [4.78, 5) is 25.8. The van der Waals surface area contributed by atoms with Gasteiger partial charge in [0.2, 0.25) is 0 Å². The second kappa shape index (κ2) is 10.8. The summed E-state index contributed by atoms with van der Waals surface area (Å²) in [5.74, 6) is -3.92. The van der Waals surface area contributed by atoms with Gasteiger partial charge < -0.3 is 39.4 Å². The second-order valence-corrected chi connectivity index (χ2v) is 9.37. The van der Waals surface area contributed by atoms with Gasteiger partial charge in [-0.05, 0) is 61.4 Å². The summed E-state index contributed by atoms with van der Waals surface area (Å²) >= 11 is 0. The molecule has 3 aromatic rings. The number of hydrogen-bond acceptors (Lipinski definition) is 10. The molecule has 2 saturated heterocycles. The van der Waals surface area contributed by atoms with Gasteiger partial charge in [-0.2, -0.15) is 0 Å². The molecule has 0 radical (unpaired) electrons. The van der Waals surface area contributed by atoms with E-state index in [0.29, 0.717) is 0 Å². The number of hydrogen-bond donors (Lipinski definition) is 4. The lowest BCUT2D eigenvalue weighted by molar-refractivity contribution is -0.131. The molecule has 2 aliphatic rings. The van der Waals surface area contributed by atoms with Gasteiger partial charge in [-0.3, -0.25) is 0 Å². The second-order valence-electron chi connectivity index (χ2n) is 9.37. The molecule has 0 saturated carbocycles. The van der Waals surface area contributed by atoms with Crippen molar-refractivity contribution >= 4 is 11.9 Å². The van der Waals surface area contributed by atoms with E-state index in [9.17, 15) is 30.0 Å². The van der Waals surface area contributed by atoms with E-state index >= 15 is 0 Å². The first-order chi connectivity index (χ1) is 19.1. The maximum atomic E-state index is 12.9. The van der Waals surface area contributed by atoms with Crippen molar-refractivity contribution in [3.8, 4) is 56.8 Å². The number of carbonyl (C=O) groups excluding carboxylic acids is 2. The first kappa shape index (κ1) is 26.8. The minimum Gasteiger partial charge on any atom is -0.508 e. The molecule has 3 aromatic carbocycles. The number of phenols is 4. The van der Waals surface area contributed by atoms with Crippen LogP contribution in [-0.2, 0) is 19.1 Å². The van der Waals surface area contributed by atoms with Crippen molar-refractivity contribution in [3.05, 3.63) is 72.8 Å². The molecule has 4 atom stereocenters. The zero-order chi connectivity index (χ0) is 28.6. The predicted octanol–water partition coefficient (Wildman–Crippen LogP) is 4.34. The van der Waals surface area contributed by atoms with Crippen molar-refractivity contribution in [2.45, 2.75) is 38.3 Å². The molecular weight excluding hydrogens is 520 g/mol. The van der Waals surface area contributed by atoms with Gasteiger partial charge in [-0.15, -0.1) is 0 Å². The zero-order valence-electron chi connectivity index (χ0n) is 21.5. The minimum absolute atomic E-state index is 0.0445. The Morgan fingerprint density at radius 1 is 0.650 bits per heavy atom. The van der Waals surface area contributed by atoms with E-state index in [0.717, 1.165) is 12.2 Å². The average Bonchev–Trinajstić information content (AvgIpc) is 3.83. The number of esters is 2. The number of phenolic OH excluding ortho intramolecular Hbond substituents is 4. The van der Waals surface area contributed by atoms with Crippen LogP contribution in [0.1, 0.15) is 13.8 Å². The summed E-state index contributed by atoms with van der Waals surface area (Å²) in [5.41, 5.74) is 0.149. The van der Waals surface area contributed by atoms with Gasteiger partial charge in [-0.25, -0.2) is 9.59 Å². The van der Waals surface area contributed by atoms with Crippen LogP contribution >= 0.6 is 0 Å².